The predicted molar refractivity (Wildman–Crippen MR) is 52.6 cm³/mol. The van der Waals surface area contributed by atoms with E-state index in [0.717, 1.165) is 6.08 Å². The van der Waals surface area contributed by atoms with Gasteiger partial charge in [0.1, 0.15) is 0 Å². The van der Waals surface area contributed by atoms with Gasteiger partial charge in [-0.25, -0.2) is 0 Å². The summed E-state index contributed by atoms with van der Waals surface area (Å²) in [6.45, 7) is 1.18. The highest BCUT2D eigenvalue weighted by Crippen LogP contribution is 2.36. The van der Waals surface area contributed by atoms with E-state index < -0.39 is 29.9 Å². The largest absolute Gasteiger partial charge is 0.416 e. The van der Waals surface area contributed by atoms with Crippen LogP contribution in [0.4, 0.5) is 26.3 Å². The highest BCUT2D eigenvalue weighted by molar-refractivity contribution is 5.39. The van der Waals surface area contributed by atoms with Crippen molar-refractivity contribution in [1.29, 1.82) is 0 Å². The van der Waals surface area contributed by atoms with Crippen molar-refractivity contribution in [2.24, 2.45) is 5.92 Å². The Hall–Kier alpha value is -1.24. The first-order valence-corrected chi connectivity index (χ1v) is 4.95. The highest BCUT2D eigenvalue weighted by atomic mass is 19.4. The van der Waals surface area contributed by atoms with Gasteiger partial charge in [0.15, 0.2) is 0 Å². The van der Waals surface area contributed by atoms with Gasteiger partial charge >= 0.3 is 12.4 Å². The zero-order valence-corrected chi connectivity index (χ0v) is 9.18. The summed E-state index contributed by atoms with van der Waals surface area (Å²) in [7, 11) is 0. The van der Waals surface area contributed by atoms with E-state index in [0.29, 0.717) is 12.2 Å². The molecule has 0 aromatic heterocycles. The molecule has 1 N–H and O–H groups in total. The summed E-state index contributed by atoms with van der Waals surface area (Å²) in [6, 6.07) is 0. The molecule has 0 amide bonds. The van der Waals surface area contributed by atoms with Gasteiger partial charge in [0.25, 0.3) is 0 Å². The topological polar surface area (TPSA) is 20.2 Å². The van der Waals surface area contributed by atoms with E-state index in [4.69, 9.17) is 0 Å². The van der Waals surface area contributed by atoms with Crippen LogP contribution in [0, 0.1) is 5.92 Å². The average Bonchev–Trinajstić information content (AvgIpc) is 2.37. The molecule has 0 bridgehead atoms. The molecule has 0 aromatic rings. The van der Waals surface area contributed by atoms with Crippen molar-refractivity contribution in [2.45, 2.75) is 25.4 Å². The van der Waals surface area contributed by atoms with Gasteiger partial charge in [-0.3, -0.25) is 0 Å². The zero-order chi connectivity index (χ0) is 14.1. The van der Waals surface area contributed by atoms with Crippen molar-refractivity contribution in [3.63, 3.8) is 0 Å². The first-order valence-electron chi connectivity index (χ1n) is 4.95. The molecule has 1 rings (SSSR count). The Labute approximate surface area is 99.1 Å². The molecule has 0 fully saturated rings. The van der Waals surface area contributed by atoms with Gasteiger partial charge in [0.05, 0.1) is 17.6 Å². The maximum atomic E-state index is 12.5. The minimum atomic E-state index is -4.89. The quantitative estimate of drug-likeness (QED) is 0.724. The van der Waals surface area contributed by atoms with E-state index in [1.807, 2.05) is 0 Å². The van der Waals surface area contributed by atoms with Crippen molar-refractivity contribution in [3.05, 3.63) is 35.5 Å². The fourth-order valence-electron chi connectivity index (χ4n) is 1.38. The van der Waals surface area contributed by atoms with Gasteiger partial charge in [0, 0.05) is 0 Å². The number of hydrogen-bond donors (Lipinski definition) is 1. The highest BCUT2D eigenvalue weighted by Gasteiger charge is 2.41. The zero-order valence-electron chi connectivity index (χ0n) is 9.18. The maximum Gasteiger partial charge on any atom is 0.416 e. The fraction of sp³-hybridized carbons (Fsp3) is 0.455. The fourth-order valence-corrected chi connectivity index (χ4v) is 1.38. The normalized spacial score (nSPS) is 23.2. The van der Waals surface area contributed by atoms with E-state index in [1.165, 1.54) is 6.92 Å². The van der Waals surface area contributed by atoms with Crippen LogP contribution >= 0.6 is 0 Å². The van der Waals surface area contributed by atoms with Crippen LogP contribution in [0.5, 0.6) is 0 Å². The van der Waals surface area contributed by atoms with Crippen LogP contribution in [-0.2, 0) is 0 Å². The summed E-state index contributed by atoms with van der Waals surface area (Å²) in [5.74, 6) is -2.32. The van der Waals surface area contributed by atoms with Crippen molar-refractivity contribution in [2.75, 3.05) is 0 Å². The number of hydrogen-bond acceptors (Lipinski definition) is 1. The minimum Gasteiger partial charge on any atom is -0.389 e. The Morgan fingerprint density at radius 3 is 2.11 bits per heavy atom. The van der Waals surface area contributed by atoms with Crippen molar-refractivity contribution in [3.8, 4) is 0 Å². The third-order valence-corrected chi connectivity index (χ3v) is 2.36. The molecule has 0 radical (unpaired) electrons. The van der Waals surface area contributed by atoms with Crippen LogP contribution in [0.15, 0.2) is 35.5 Å². The maximum absolute atomic E-state index is 12.5. The third-order valence-electron chi connectivity index (χ3n) is 2.36. The lowest BCUT2D eigenvalue weighted by atomic mass is 10.1. The predicted octanol–water partition coefficient (Wildman–Crippen LogP) is 3.53. The molecule has 0 saturated heterocycles. The Balaban J connectivity index is 3.25. The molecular formula is C11H10F6O. The van der Waals surface area contributed by atoms with Gasteiger partial charge in [-0.15, -0.1) is 0 Å². The summed E-state index contributed by atoms with van der Waals surface area (Å²) < 4.78 is 75.0. The van der Waals surface area contributed by atoms with Crippen LogP contribution in [0.3, 0.4) is 0 Å². The molecule has 2 atom stereocenters. The van der Waals surface area contributed by atoms with Gasteiger partial charge in [0.2, 0.25) is 0 Å². The van der Waals surface area contributed by atoms with Crippen LogP contribution in [0.25, 0.3) is 0 Å². The number of alkyl halides is 6. The first-order chi connectivity index (χ1) is 8.01. The second-order valence-electron chi connectivity index (χ2n) is 3.87. The number of allylic oxidation sites excluding steroid dienone is 4. The molecule has 0 spiro atoms. The second-order valence-corrected chi connectivity index (χ2v) is 3.87. The van der Waals surface area contributed by atoms with E-state index in [9.17, 15) is 31.4 Å². The Kier molecular flexibility index (Phi) is 3.95. The van der Waals surface area contributed by atoms with Gasteiger partial charge in [-0.2, -0.15) is 26.3 Å². The lowest BCUT2D eigenvalue weighted by molar-refractivity contribution is -0.149. The molecule has 1 unspecified atom stereocenters. The van der Waals surface area contributed by atoms with E-state index >= 15 is 0 Å². The molecule has 1 nitrogen and oxygen atoms in total. The molecule has 1 aliphatic carbocycles. The smallest absolute Gasteiger partial charge is 0.389 e. The molecular weight excluding hydrogens is 262 g/mol. The molecule has 0 heterocycles. The van der Waals surface area contributed by atoms with E-state index in [-0.39, 0.29) is 11.6 Å². The third kappa shape index (κ3) is 3.63. The lowest BCUT2D eigenvalue weighted by Gasteiger charge is -2.14. The summed E-state index contributed by atoms with van der Waals surface area (Å²) in [6.07, 6.45) is -8.89. The van der Waals surface area contributed by atoms with Crippen LogP contribution < -0.4 is 0 Å². The standard InChI is InChI=1S/C11H10F6O/c1-6(18)7-2-3-8(10(12,13)14)5-9(4-7)11(15,16)17/h2-6,8,18H,1H3/t6-,8?/m1/s1. The SMILES string of the molecule is C[C@@H](O)C1=CC(C(F)(F)F)=CC(C(F)(F)F)C=C1. The minimum absolute atomic E-state index is 0.103. The molecule has 0 aliphatic heterocycles. The number of aliphatic hydroxyl groups excluding tert-OH is 1. The van der Waals surface area contributed by atoms with Gasteiger partial charge < -0.3 is 5.11 Å². The van der Waals surface area contributed by atoms with E-state index in [2.05, 4.69) is 0 Å². The molecule has 0 aromatic carbocycles. The summed E-state index contributed by atoms with van der Waals surface area (Å²) in [5, 5.41) is 9.18. The van der Waals surface area contributed by atoms with Gasteiger partial charge in [-0.05, 0) is 18.6 Å². The second kappa shape index (κ2) is 4.79. The number of aliphatic hydroxyl groups is 1. The van der Waals surface area contributed by atoms with Crippen molar-refractivity contribution in [1.82, 2.24) is 0 Å². The van der Waals surface area contributed by atoms with Gasteiger partial charge in [-0.1, -0.05) is 18.2 Å². The molecule has 102 valence electrons. The Morgan fingerprint density at radius 1 is 1.17 bits per heavy atom. The summed E-state index contributed by atoms with van der Waals surface area (Å²) >= 11 is 0. The summed E-state index contributed by atoms with van der Waals surface area (Å²) in [4.78, 5) is 0. The average molecular weight is 272 g/mol. The Bertz CT molecular complexity index is 397. The molecule has 1 aliphatic rings. The van der Waals surface area contributed by atoms with E-state index in [1.54, 1.807) is 0 Å². The monoisotopic (exact) mass is 272 g/mol. The van der Waals surface area contributed by atoms with Crippen molar-refractivity contribution >= 4 is 0 Å². The first kappa shape index (κ1) is 14.8. The molecule has 7 heteroatoms. The Morgan fingerprint density at radius 2 is 1.72 bits per heavy atom. The molecule has 18 heavy (non-hydrogen) atoms. The summed E-state index contributed by atoms with van der Waals surface area (Å²) in [5.41, 5.74) is -1.63. The van der Waals surface area contributed by atoms with Crippen LogP contribution in [-0.4, -0.2) is 23.6 Å². The number of rotatable bonds is 1. The molecule has 0 saturated carbocycles. The number of halogens is 6. The van der Waals surface area contributed by atoms with Crippen LogP contribution in [0.1, 0.15) is 6.92 Å². The van der Waals surface area contributed by atoms with Crippen LogP contribution in [0.2, 0.25) is 0 Å². The van der Waals surface area contributed by atoms with Crippen molar-refractivity contribution < 1.29 is 31.4 Å². The lowest BCUT2D eigenvalue weighted by Crippen LogP contribution is -2.21.